The summed E-state index contributed by atoms with van der Waals surface area (Å²) in [5, 5.41) is 8.59. The molecule has 0 bridgehead atoms. The Hall–Kier alpha value is -1.29. The molecular formula is C16H27N5O3S. The van der Waals surface area contributed by atoms with Gasteiger partial charge in [0.15, 0.2) is 5.82 Å². The van der Waals surface area contributed by atoms with Crippen molar-refractivity contribution in [2.24, 2.45) is 0 Å². The number of hydrogen-bond donors (Lipinski definition) is 0. The third-order valence-corrected chi connectivity index (χ3v) is 6.82. The number of likely N-dealkylation sites (N-methyl/N-ethyl adjacent to an activating group) is 1. The molecule has 8 nitrogen and oxygen atoms in total. The Labute approximate surface area is 149 Å². The molecule has 3 rings (SSSR count). The van der Waals surface area contributed by atoms with Crippen molar-refractivity contribution >= 4 is 16.0 Å². The molecule has 0 aromatic carbocycles. The summed E-state index contributed by atoms with van der Waals surface area (Å²) in [7, 11) is -1.78. The van der Waals surface area contributed by atoms with Crippen LogP contribution in [-0.4, -0.2) is 79.7 Å². The van der Waals surface area contributed by atoms with Crippen LogP contribution in [0.3, 0.4) is 0 Å². The van der Waals surface area contributed by atoms with Crippen molar-refractivity contribution in [2.45, 2.75) is 32.2 Å². The number of nitrogens with zero attached hydrogens (tertiary/aromatic N) is 5. The van der Waals surface area contributed by atoms with E-state index < -0.39 is 10.2 Å². The summed E-state index contributed by atoms with van der Waals surface area (Å²) in [5.41, 5.74) is 0.912. The SMILES string of the molecule is CN(C1CN(c2ccc(C(C)(C)C)nn2)C1)S(=O)(=O)N1CCOCC1. The highest BCUT2D eigenvalue weighted by atomic mass is 32.2. The van der Waals surface area contributed by atoms with Crippen LogP contribution < -0.4 is 4.90 Å². The molecule has 0 atom stereocenters. The van der Waals surface area contributed by atoms with E-state index in [0.29, 0.717) is 39.4 Å². The minimum absolute atomic E-state index is 0.0323. The lowest BCUT2D eigenvalue weighted by molar-refractivity contribution is 0.0695. The summed E-state index contributed by atoms with van der Waals surface area (Å²) < 4.78 is 33.5. The quantitative estimate of drug-likeness (QED) is 0.768. The number of rotatable bonds is 4. The summed E-state index contributed by atoms with van der Waals surface area (Å²) in [6, 6.07) is 3.90. The average molecular weight is 369 g/mol. The second-order valence-corrected chi connectivity index (χ2v) is 9.61. The van der Waals surface area contributed by atoms with Gasteiger partial charge in [0.2, 0.25) is 0 Å². The van der Waals surface area contributed by atoms with Crippen molar-refractivity contribution in [3.63, 3.8) is 0 Å². The van der Waals surface area contributed by atoms with Gasteiger partial charge in [-0.1, -0.05) is 20.8 Å². The zero-order valence-electron chi connectivity index (χ0n) is 15.3. The van der Waals surface area contributed by atoms with Gasteiger partial charge >= 0.3 is 0 Å². The van der Waals surface area contributed by atoms with E-state index in [2.05, 4.69) is 35.9 Å². The van der Waals surface area contributed by atoms with Crippen LogP contribution in [0.25, 0.3) is 0 Å². The van der Waals surface area contributed by atoms with Gasteiger partial charge in [0.05, 0.1) is 24.9 Å². The molecule has 0 aliphatic carbocycles. The maximum Gasteiger partial charge on any atom is 0.282 e. The molecule has 3 heterocycles. The van der Waals surface area contributed by atoms with Gasteiger partial charge in [-0.05, 0) is 12.1 Å². The van der Waals surface area contributed by atoms with E-state index in [1.165, 1.54) is 8.61 Å². The lowest BCUT2D eigenvalue weighted by Crippen LogP contribution is -2.62. The lowest BCUT2D eigenvalue weighted by atomic mass is 9.92. The zero-order chi connectivity index (χ0) is 18.2. The molecule has 25 heavy (non-hydrogen) atoms. The molecule has 0 amide bonds. The second kappa shape index (κ2) is 6.79. The summed E-state index contributed by atoms with van der Waals surface area (Å²) in [6.07, 6.45) is 0. The highest BCUT2D eigenvalue weighted by Gasteiger charge is 2.39. The number of aromatic nitrogens is 2. The van der Waals surface area contributed by atoms with E-state index in [-0.39, 0.29) is 11.5 Å². The van der Waals surface area contributed by atoms with Gasteiger partial charge in [-0.2, -0.15) is 22.1 Å². The number of hydrogen-bond acceptors (Lipinski definition) is 6. The van der Waals surface area contributed by atoms with Crippen LogP contribution in [-0.2, 0) is 20.4 Å². The van der Waals surface area contributed by atoms with E-state index >= 15 is 0 Å². The van der Waals surface area contributed by atoms with Crippen molar-refractivity contribution in [2.75, 3.05) is 51.3 Å². The molecular weight excluding hydrogens is 342 g/mol. The van der Waals surface area contributed by atoms with Crippen LogP contribution >= 0.6 is 0 Å². The lowest BCUT2D eigenvalue weighted by Gasteiger charge is -2.45. The van der Waals surface area contributed by atoms with Crippen molar-refractivity contribution in [3.05, 3.63) is 17.8 Å². The highest BCUT2D eigenvalue weighted by molar-refractivity contribution is 7.86. The first kappa shape index (κ1) is 18.5. The minimum Gasteiger partial charge on any atom is -0.379 e. The van der Waals surface area contributed by atoms with E-state index in [4.69, 9.17) is 4.74 Å². The minimum atomic E-state index is -3.43. The van der Waals surface area contributed by atoms with Crippen LogP contribution in [0.4, 0.5) is 5.82 Å². The van der Waals surface area contributed by atoms with Crippen LogP contribution in [0.2, 0.25) is 0 Å². The van der Waals surface area contributed by atoms with Crippen molar-refractivity contribution in [3.8, 4) is 0 Å². The van der Waals surface area contributed by atoms with Crippen LogP contribution in [0, 0.1) is 0 Å². The van der Waals surface area contributed by atoms with Gasteiger partial charge in [-0.3, -0.25) is 0 Å². The molecule has 2 aliphatic heterocycles. The Morgan fingerprint density at radius 3 is 2.32 bits per heavy atom. The Bertz CT molecular complexity index is 689. The van der Waals surface area contributed by atoms with Gasteiger partial charge in [0, 0.05) is 38.6 Å². The Kier molecular flexibility index (Phi) is 5.02. The monoisotopic (exact) mass is 369 g/mol. The summed E-state index contributed by atoms with van der Waals surface area (Å²) >= 11 is 0. The Balaban J connectivity index is 1.60. The van der Waals surface area contributed by atoms with Gasteiger partial charge in [-0.15, -0.1) is 5.10 Å². The Morgan fingerprint density at radius 1 is 1.16 bits per heavy atom. The molecule has 2 fully saturated rings. The van der Waals surface area contributed by atoms with Gasteiger partial charge < -0.3 is 9.64 Å². The molecule has 9 heteroatoms. The molecule has 0 spiro atoms. The van der Waals surface area contributed by atoms with E-state index in [9.17, 15) is 8.42 Å². The molecule has 0 N–H and O–H groups in total. The van der Waals surface area contributed by atoms with E-state index in [1.807, 2.05) is 12.1 Å². The van der Waals surface area contributed by atoms with Gasteiger partial charge in [0.25, 0.3) is 10.2 Å². The predicted molar refractivity (Wildman–Crippen MR) is 95.8 cm³/mol. The Morgan fingerprint density at radius 2 is 1.80 bits per heavy atom. The first-order valence-corrected chi connectivity index (χ1v) is 9.99. The largest absolute Gasteiger partial charge is 0.379 e. The average Bonchev–Trinajstić information content (AvgIpc) is 2.54. The second-order valence-electron chi connectivity index (χ2n) is 7.62. The van der Waals surface area contributed by atoms with Crippen molar-refractivity contribution in [1.82, 2.24) is 18.8 Å². The fourth-order valence-corrected chi connectivity index (χ4v) is 4.40. The molecule has 2 saturated heterocycles. The van der Waals surface area contributed by atoms with Crippen LogP contribution in [0.15, 0.2) is 12.1 Å². The van der Waals surface area contributed by atoms with Gasteiger partial charge in [-0.25, -0.2) is 0 Å². The molecule has 1 aromatic rings. The van der Waals surface area contributed by atoms with Crippen molar-refractivity contribution < 1.29 is 13.2 Å². The molecule has 2 aliphatic rings. The van der Waals surface area contributed by atoms with Gasteiger partial charge in [0.1, 0.15) is 0 Å². The maximum atomic E-state index is 12.7. The summed E-state index contributed by atoms with van der Waals surface area (Å²) in [6.45, 7) is 9.31. The zero-order valence-corrected chi connectivity index (χ0v) is 16.2. The number of morpholine rings is 1. The topological polar surface area (TPSA) is 78.9 Å². The summed E-state index contributed by atoms with van der Waals surface area (Å²) in [5.74, 6) is 0.793. The first-order chi connectivity index (χ1) is 11.7. The smallest absolute Gasteiger partial charge is 0.282 e. The number of ether oxygens (including phenoxy) is 1. The summed E-state index contributed by atoms with van der Waals surface area (Å²) in [4.78, 5) is 2.05. The molecule has 0 radical (unpaired) electrons. The third kappa shape index (κ3) is 3.79. The van der Waals surface area contributed by atoms with Crippen LogP contribution in [0.1, 0.15) is 26.5 Å². The predicted octanol–water partition coefficient (Wildman–Crippen LogP) is 0.472. The molecule has 0 unspecified atom stereocenters. The van der Waals surface area contributed by atoms with E-state index in [1.54, 1.807) is 7.05 Å². The van der Waals surface area contributed by atoms with E-state index in [0.717, 1.165) is 11.5 Å². The molecule has 1 aromatic heterocycles. The third-order valence-electron chi connectivity index (χ3n) is 4.78. The fraction of sp³-hybridized carbons (Fsp3) is 0.750. The standard InChI is InChI=1S/C16H27N5O3S/c1-16(2,3)14-5-6-15(18-17-14)20-11-13(12-20)19(4)25(22,23)21-7-9-24-10-8-21/h5-6,13H,7-12H2,1-4H3. The van der Waals surface area contributed by atoms with Crippen LogP contribution in [0.5, 0.6) is 0 Å². The molecule has 140 valence electrons. The molecule has 0 saturated carbocycles. The fourth-order valence-electron chi connectivity index (χ4n) is 2.91. The van der Waals surface area contributed by atoms with Crippen molar-refractivity contribution in [1.29, 1.82) is 0 Å². The number of anilines is 1. The normalized spacial score (nSPS) is 20.8. The highest BCUT2D eigenvalue weighted by Crippen LogP contribution is 2.25. The first-order valence-electron chi connectivity index (χ1n) is 8.59. The maximum absolute atomic E-state index is 12.7.